The molecule has 0 bridgehead atoms. The first kappa shape index (κ1) is 16.8. The zero-order chi connectivity index (χ0) is 19.1. The van der Waals surface area contributed by atoms with Gasteiger partial charge in [-0.05, 0) is 18.6 Å². The summed E-state index contributed by atoms with van der Waals surface area (Å²) in [6.45, 7) is 1.92. The minimum atomic E-state index is -1.05. The van der Waals surface area contributed by atoms with E-state index in [2.05, 4.69) is 16.2 Å². The SMILES string of the molecule is Cc1ccccc1-c1nn(-c2csc(C(=O)O)c2)c2c(=O)[nH]cc(C#N)c12. The Balaban J connectivity index is 2.12. The number of aromatic nitrogens is 3. The van der Waals surface area contributed by atoms with Crippen LogP contribution in [0.4, 0.5) is 0 Å². The summed E-state index contributed by atoms with van der Waals surface area (Å²) in [7, 11) is 0. The van der Waals surface area contributed by atoms with Gasteiger partial charge in [0.2, 0.25) is 0 Å². The summed E-state index contributed by atoms with van der Waals surface area (Å²) < 4.78 is 1.40. The second-order valence-corrected chi connectivity index (χ2v) is 6.83. The molecule has 0 saturated heterocycles. The van der Waals surface area contributed by atoms with Crippen LogP contribution in [0.15, 0.2) is 46.7 Å². The number of nitriles is 1. The summed E-state index contributed by atoms with van der Waals surface area (Å²) in [5, 5.41) is 25.4. The topological polar surface area (TPSA) is 112 Å². The van der Waals surface area contributed by atoms with E-state index in [9.17, 15) is 20.0 Å². The molecule has 4 aromatic rings. The summed E-state index contributed by atoms with van der Waals surface area (Å²) in [5.74, 6) is -1.05. The maximum Gasteiger partial charge on any atom is 0.345 e. The fourth-order valence-electron chi connectivity index (χ4n) is 3.01. The van der Waals surface area contributed by atoms with E-state index in [1.165, 1.54) is 16.9 Å². The molecule has 0 fully saturated rings. The minimum Gasteiger partial charge on any atom is -0.477 e. The molecule has 0 aliphatic heterocycles. The van der Waals surface area contributed by atoms with Crippen molar-refractivity contribution in [2.75, 3.05) is 0 Å². The minimum absolute atomic E-state index is 0.138. The van der Waals surface area contributed by atoms with Crippen LogP contribution in [0.2, 0.25) is 0 Å². The van der Waals surface area contributed by atoms with Gasteiger partial charge in [0.1, 0.15) is 22.2 Å². The average molecular weight is 376 g/mol. The number of thiophene rings is 1. The van der Waals surface area contributed by atoms with Gasteiger partial charge in [0.15, 0.2) is 0 Å². The molecular weight excluding hydrogens is 364 g/mol. The zero-order valence-corrected chi connectivity index (χ0v) is 14.9. The standard InChI is InChI=1S/C19H12N4O3S/c1-10-4-2-3-5-13(10)16-15-11(7-20)8-21-18(24)17(15)23(22-16)12-6-14(19(25)26)27-9-12/h2-6,8-9H,1H3,(H,21,24)(H,25,26). The summed E-state index contributed by atoms with van der Waals surface area (Å²) in [6, 6.07) is 11.1. The number of benzene rings is 1. The Hall–Kier alpha value is -3.70. The maximum absolute atomic E-state index is 12.6. The lowest BCUT2D eigenvalue weighted by Gasteiger charge is -2.02. The van der Waals surface area contributed by atoms with Gasteiger partial charge in [-0.25, -0.2) is 9.48 Å². The lowest BCUT2D eigenvalue weighted by atomic mass is 10.0. The number of nitrogens with zero attached hydrogens (tertiary/aromatic N) is 3. The number of carbonyl (C=O) groups is 1. The van der Waals surface area contributed by atoms with Gasteiger partial charge < -0.3 is 10.1 Å². The summed E-state index contributed by atoms with van der Waals surface area (Å²) >= 11 is 1.05. The van der Waals surface area contributed by atoms with Crippen molar-refractivity contribution in [1.82, 2.24) is 14.8 Å². The van der Waals surface area contributed by atoms with Gasteiger partial charge in [0.25, 0.3) is 5.56 Å². The summed E-state index contributed by atoms with van der Waals surface area (Å²) in [4.78, 5) is 26.5. The highest BCUT2D eigenvalue weighted by Gasteiger charge is 2.21. The van der Waals surface area contributed by atoms with E-state index in [-0.39, 0.29) is 10.4 Å². The summed E-state index contributed by atoms with van der Waals surface area (Å²) in [6.07, 6.45) is 1.37. The molecule has 2 N–H and O–H groups in total. The molecule has 7 nitrogen and oxygen atoms in total. The van der Waals surface area contributed by atoms with E-state index in [1.807, 2.05) is 31.2 Å². The predicted molar refractivity (Wildman–Crippen MR) is 101 cm³/mol. The lowest BCUT2D eigenvalue weighted by Crippen LogP contribution is -2.10. The highest BCUT2D eigenvalue weighted by atomic mass is 32.1. The van der Waals surface area contributed by atoms with E-state index >= 15 is 0 Å². The van der Waals surface area contributed by atoms with Crippen LogP contribution >= 0.6 is 11.3 Å². The van der Waals surface area contributed by atoms with Crippen LogP contribution in [0.1, 0.15) is 20.8 Å². The van der Waals surface area contributed by atoms with Crippen molar-refractivity contribution in [3.63, 3.8) is 0 Å². The Kier molecular flexibility index (Phi) is 3.86. The largest absolute Gasteiger partial charge is 0.477 e. The van der Waals surface area contributed by atoms with Crippen LogP contribution in [0, 0.1) is 18.3 Å². The van der Waals surface area contributed by atoms with Crippen LogP contribution in [0.25, 0.3) is 27.8 Å². The molecule has 0 saturated carbocycles. The van der Waals surface area contributed by atoms with Crippen molar-refractivity contribution in [1.29, 1.82) is 5.26 Å². The van der Waals surface area contributed by atoms with Gasteiger partial charge in [-0.15, -0.1) is 11.3 Å². The highest BCUT2D eigenvalue weighted by Crippen LogP contribution is 2.32. The van der Waals surface area contributed by atoms with Gasteiger partial charge in [0, 0.05) is 17.1 Å². The maximum atomic E-state index is 12.6. The van der Waals surface area contributed by atoms with E-state index in [4.69, 9.17) is 0 Å². The Morgan fingerprint density at radius 2 is 2.15 bits per heavy atom. The number of pyridine rings is 1. The highest BCUT2D eigenvalue weighted by molar-refractivity contribution is 7.12. The molecule has 3 aromatic heterocycles. The van der Waals surface area contributed by atoms with Crippen LogP contribution < -0.4 is 5.56 Å². The van der Waals surface area contributed by atoms with Gasteiger partial charge in [0.05, 0.1) is 16.6 Å². The van der Waals surface area contributed by atoms with Crippen molar-refractivity contribution in [3.05, 3.63) is 68.3 Å². The number of fused-ring (bicyclic) bond motifs is 1. The molecule has 0 atom stereocenters. The molecule has 0 amide bonds. The Bertz CT molecular complexity index is 1310. The molecule has 1 aromatic carbocycles. The number of carboxylic acid groups (broad SMARTS) is 1. The summed E-state index contributed by atoms with van der Waals surface area (Å²) in [5.41, 5.74) is 2.82. The smallest absolute Gasteiger partial charge is 0.345 e. The Morgan fingerprint density at radius 1 is 1.37 bits per heavy atom. The van der Waals surface area contributed by atoms with E-state index in [1.54, 1.807) is 5.38 Å². The molecular formula is C19H12N4O3S. The van der Waals surface area contributed by atoms with Gasteiger partial charge in [-0.1, -0.05) is 24.3 Å². The molecule has 0 radical (unpaired) electrons. The van der Waals surface area contributed by atoms with Crippen LogP contribution in [-0.4, -0.2) is 25.8 Å². The zero-order valence-electron chi connectivity index (χ0n) is 14.1. The number of rotatable bonds is 3. The monoisotopic (exact) mass is 376 g/mol. The molecule has 3 heterocycles. The lowest BCUT2D eigenvalue weighted by molar-refractivity contribution is 0.0702. The van der Waals surface area contributed by atoms with Crippen LogP contribution in [-0.2, 0) is 0 Å². The first-order valence-corrected chi connectivity index (χ1v) is 8.82. The van der Waals surface area contributed by atoms with Crippen LogP contribution in [0.5, 0.6) is 0 Å². The van der Waals surface area contributed by atoms with Gasteiger partial charge in [-0.2, -0.15) is 10.4 Å². The van der Waals surface area contributed by atoms with E-state index in [0.29, 0.717) is 22.3 Å². The van der Waals surface area contributed by atoms with Gasteiger partial charge in [-0.3, -0.25) is 4.79 Å². The fraction of sp³-hybridized carbons (Fsp3) is 0.0526. The van der Waals surface area contributed by atoms with Crippen molar-refractivity contribution >= 4 is 28.2 Å². The quantitative estimate of drug-likeness (QED) is 0.570. The third kappa shape index (κ3) is 2.61. The van der Waals surface area contributed by atoms with Crippen molar-refractivity contribution in [3.8, 4) is 23.0 Å². The normalized spacial score (nSPS) is 10.8. The molecule has 0 aliphatic carbocycles. The number of aromatic amines is 1. The van der Waals surface area contributed by atoms with Crippen LogP contribution in [0.3, 0.4) is 0 Å². The number of hydrogen-bond donors (Lipinski definition) is 2. The number of H-pyrrole nitrogens is 1. The van der Waals surface area contributed by atoms with Crippen molar-refractivity contribution in [2.45, 2.75) is 6.92 Å². The number of aryl methyl sites for hydroxylation is 1. The first-order valence-electron chi connectivity index (χ1n) is 7.94. The molecule has 0 aliphatic rings. The molecule has 4 rings (SSSR count). The Labute approximate surface area is 156 Å². The second-order valence-electron chi connectivity index (χ2n) is 5.92. The molecule has 132 valence electrons. The van der Waals surface area contributed by atoms with E-state index in [0.717, 1.165) is 22.5 Å². The molecule has 27 heavy (non-hydrogen) atoms. The molecule has 0 spiro atoms. The number of aromatic carboxylic acids is 1. The molecule has 8 heteroatoms. The van der Waals surface area contributed by atoms with Crippen molar-refractivity contribution < 1.29 is 9.90 Å². The number of carboxylic acids is 1. The first-order chi connectivity index (χ1) is 13.0. The van der Waals surface area contributed by atoms with Crippen molar-refractivity contribution in [2.24, 2.45) is 0 Å². The average Bonchev–Trinajstić information content (AvgIpc) is 3.28. The second kappa shape index (κ2) is 6.23. The third-order valence-corrected chi connectivity index (χ3v) is 5.18. The molecule has 0 unspecified atom stereocenters. The third-order valence-electron chi connectivity index (χ3n) is 4.28. The van der Waals surface area contributed by atoms with Gasteiger partial charge >= 0.3 is 5.97 Å². The fourth-order valence-corrected chi connectivity index (χ4v) is 3.72. The number of hydrogen-bond acceptors (Lipinski definition) is 5. The predicted octanol–water partition coefficient (Wildman–Crippen LogP) is 3.32. The van der Waals surface area contributed by atoms with E-state index < -0.39 is 11.5 Å². The number of nitrogens with one attached hydrogen (secondary N) is 1. The Morgan fingerprint density at radius 3 is 2.81 bits per heavy atom.